The van der Waals surface area contributed by atoms with Crippen molar-refractivity contribution in [2.45, 2.75) is 24.9 Å². The highest BCUT2D eigenvalue weighted by atomic mass is 16.5. The predicted octanol–water partition coefficient (Wildman–Crippen LogP) is -0.797. The molecule has 10 heteroatoms. The number of hydrogen-bond acceptors (Lipinski definition) is 7. The van der Waals surface area contributed by atoms with Gasteiger partial charge in [0, 0.05) is 38.4 Å². The molecule has 10 nitrogen and oxygen atoms in total. The summed E-state index contributed by atoms with van der Waals surface area (Å²) in [7, 11) is 3.47. The second kappa shape index (κ2) is 8.01. The summed E-state index contributed by atoms with van der Waals surface area (Å²) in [6.07, 6.45) is 2.57. The van der Waals surface area contributed by atoms with Gasteiger partial charge in [0.25, 0.3) is 0 Å². The third-order valence-corrected chi connectivity index (χ3v) is 3.47. The number of aromatic nitrogens is 2. The SMILES string of the molecule is CN(C)C=Nc1nc(=O)n([C@H]2C[C@H](O)[C@@H](CO)O2)cc1/C=C/C(=O)O. The van der Waals surface area contributed by atoms with Crippen molar-refractivity contribution in [3.63, 3.8) is 0 Å². The number of aliphatic hydroxyl groups is 2. The summed E-state index contributed by atoms with van der Waals surface area (Å²) >= 11 is 0. The summed E-state index contributed by atoms with van der Waals surface area (Å²) in [5.41, 5.74) is -0.361. The van der Waals surface area contributed by atoms with Crippen LogP contribution in [0.2, 0.25) is 0 Å². The molecule has 0 unspecified atom stereocenters. The molecular weight excluding hydrogens is 332 g/mol. The maximum atomic E-state index is 12.3. The summed E-state index contributed by atoms with van der Waals surface area (Å²) < 4.78 is 6.59. The van der Waals surface area contributed by atoms with Crippen molar-refractivity contribution in [2.24, 2.45) is 4.99 Å². The van der Waals surface area contributed by atoms with Gasteiger partial charge in [-0.2, -0.15) is 4.98 Å². The van der Waals surface area contributed by atoms with E-state index in [-0.39, 0.29) is 18.8 Å². The fourth-order valence-electron chi connectivity index (χ4n) is 2.28. The van der Waals surface area contributed by atoms with Crippen LogP contribution in [-0.2, 0) is 9.53 Å². The van der Waals surface area contributed by atoms with Gasteiger partial charge in [-0.05, 0) is 6.08 Å². The molecule has 3 atom stereocenters. The van der Waals surface area contributed by atoms with E-state index in [0.29, 0.717) is 5.56 Å². The number of carbonyl (C=O) groups is 1. The number of aliphatic carboxylic acids is 1. The minimum absolute atomic E-state index is 0.0599. The lowest BCUT2D eigenvalue weighted by atomic mass is 10.2. The first-order valence-corrected chi connectivity index (χ1v) is 7.51. The third kappa shape index (κ3) is 4.72. The molecule has 0 saturated carbocycles. The zero-order valence-electron chi connectivity index (χ0n) is 13.8. The fraction of sp³-hybridized carbons (Fsp3) is 0.467. The first kappa shape index (κ1) is 18.8. The van der Waals surface area contributed by atoms with Gasteiger partial charge in [-0.25, -0.2) is 14.6 Å². The van der Waals surface area contributed by atoms with Crippen LogP contribution in [0.3, 0.4) is 0 Å². The zero-order valence-corrected chi connectivity index (χ0v) is 13.8. The molecular formula is C15H20N4O6. The van der Waals surface area contributed by atoms with Crippen LogP contribution in [0.4, 0.5) is 5.82 Å². The van der Waals surface area contributed by atoms with E-state index in [4.69, 9.17) is 14.9 Å². The van der Waals surface area contributed by atoms with Gasteiger partial charge < -0.3 is 25.0 Å². The molecule has 0 radical (unpaired) electrons. The first-order chi connectivity index (χ1) is 11.8. The van der Waals surface area contributed by atoms with Gasteiger partial charge in [0.1, 0.15) is 12.3 Å². The average molecular weight is 352 g/mol. The largest absolute Gasteiger partial charge is 0.478 e. The lowest BCUT2D eigenvalue weighted by Gasteiger charge is -2.15. The molecule has 136 valence electrons. The molecule has 25 heavy (non-hydrogen) atoms. The maximum absolute atomic E-state index is 12.3. The maximum Gasteiger partial charge on any atom is 0.351 e. The number of nitrogens with zero attached hydrogens (tertiary/aromatic N) is 4. The Morgan fingerprint density at radius 1 is 1.56 bits per heavy atom. The Bertz CT molecular complexity index is 742. The van der Waals surface area contributed by atoms with Crippen molar-refractivity contribution in [3.05, 3.63) is 28.3 Å². The second-order valence-corrected chi connectivity index (χ2v) is 5.70. The van der Waals surface area contributed by atoms with Crippen molar-refractivity contribution >= 4 is 24.2 Å². The van der Waals surface area contributed by atoms with Crippen LogP contribution in [0.5, 0.6) is 0 Å². The normalized spacial score (nSPS) is 23.6. The van der Waals surface area contributed by atoms with E-state index >= 15 is 0 Å². The van der Waals surface area contributed by atoms with Gasteiger partial charge in [0.15, 0.2) is 5.82 Å². The molecule has 0 aromatic carbocycles. The molecule has 2 heterocycles. The molecule has 3 N–H and O–H groups in total. The van der Waals surface area contributed by atoms with E-state index in [0.717, 1.165) is 10.6 Å². The molecule has 0 aliphatic carbocycles. The minimum atomic E-state index is -1.16. The van der Waals surface area contributed by atoms with Crippen molar-refractivity contribution in [1.82, 2.24) is 14.5 Å². The van der Waals surface area contributed by atoms with Gasteiger partial charge in [0.05, 0.1) is 19.0 Å². The third-order valence-electron chi connectivity index (χ3n) is 3.47. The molecule has 1 aliphatic rings. The van der Waals surface area contributed by atoms with Crippen LogP contribution in [0.25, 0.3) is 6.08 Å². The lowest BCUT2D eigenvalue weighted by Crippen LogP contribution is -2.28. The summed E-state index contributed by atoms with van der Waals surface area (Å²) in [4.78, 5) is 32.6. The Balaban J connectivity index is 2.44. The minimum Gasteiger partial charge on any atom is -0.478 e. The Labute approximate surface area is 143 Å². The predicted molar refractivity (Wildman–Crippen MR) is 88.6 cm³/mol. The topological polar surface area (TPSA) is 137 Å². The Morgan fingerprint density at radius 3 is 2.84 bits per heavy atom. The number of aliphatic hydroxyl groups excluding tert-OH is 2. The molecule has 2 rings (SSSR count). The van der Waals surface area contributed by atoms with E-state index in [1.807, 2.05) is 0 Å². The van der Waals surface area contributed by atoms with Gasteiger partial charge >= 0.3 is 11.7 Å². The standard InChI is InChI=1S/C15H20N4O6/c1-18(2)8-16-14-9(3-4-13(22)23)6-19(15(24)17-14)12-5-10(21)11(7-20)25-12/h3-4,6,8,10-12,20-21H,5,7H2,1-2H3,(H,22,23)/b4-3+,16-8?/t10-,11+,12+/m0/s1. The van der Waals surface area contributed by atoms with Gasteiger partial charge in [-0.1, -0.05) is 0 Å². The monoisotopic (exact) mass is 352 g/mol. The van der Waals surface area contributed by atoms with E-state index in [1.54, 1.807) is 19.0 Å². The quantitative estimate of drug-likeness (QED) is 0.344. The van der Waals surface area contributed by atoms with Crippen LogP contribution in [-0.4, -0.2) is 75.0 Å². The summed E-state index contributed by atoms with van der Waals surface area (Å²) in [6.45, 7) is -0.378. The number of ether oxygens (including phenoxy) is 1. The molecule has 1 saturated heterocycles. The number of carboxylic acid groups (broad SMARTS) is 1. The Hall–Kier alpha value is -2.56. The smallest absolute Gasteiger partial charge is 0.351 e. The molecule has 0 amide bonds. The van der Waals surface area contributed by atoms with Crippen LogP contribution < -0.4 is 5.69 Å². The Morgan fingerprint density at radius 2 is 2.28 bits per heavy atom. The number of aliphatic imine (C=N–C) groups is 1. The van der Waals surface area contributed by atoms with E-state index in [9.17, 15) is 14.7 Å². The molecule has 0 spiro atoms. The zero-order chi connectivity index (χ0) is 18.6. The van der Waals surface area contributed by atoms with E-state index in [1.165, 1.54) is 18.6 Å². The van der Waals surface area contributed by atoms with Crippen molar-refractivity contribution in [3.8, 4) is 0 Å². The summed E-state index contributed by atoms with van der Waals surface area (Å²) in [5.74, 6) is -1.10. The lowest BCUT2D eigenvalue weighted by molar-refractivity contribution is -0.131. The fourth-order valence-corrected chi connectivity index (χ4v) is 2.28. The molecule has 1 fully saturated rings. The molecule has 1 aromatic rings. The highest BCUT2D eigenvalue weighted by molar-refractivity contribution is 5.86. The van der Waals surface area contributed by atoms with Gasteiger partial charge in [-0.3, -0.25) is 4.57 Å². The van der Waals surface area contributed by atoms with Crippen molar-refractivity contribution in [1.29, 1.82) is 0 Å². The van der Waals surface area contributed by atoms with Gasteiger partial charge in [-0.15, -0.1) is 0 Å². The first-order valence-electron chi connectivity index (χ1n) is 7.51. The Kier molecular flexibility index (Phi) is 6.02. The van der Waals surface area contributed by atoms with Crippen LogP contribution in [0, 0.1) is 0 Å². The van der Waals surface area contributed by atoms with Crippen molar-refractivity contribution in [2.75, 3.05) is 20.7 Å². The summed E-state index contributed by atoms with van der Waals surface area (Å²) in [6, 6.07) is 0. The molecule has 1 aromatic heterocycles. The summed E-state index contributed by atoms with van der Waals surface area (Å²) in [5, 5.41) is 27.8. The highest BCUT2D eigenvalue weighted by Crippen LogP contribution is 2.28. The van der Waals surface area contributed by atoms with E-state index in [2.05, 4.69) is 9.98 Å². The number of hydrogen-bond donors (Lipinski definition) is 3. The second-order valence-electron chi connectivity index (χ2n) is 5.70. The van der Waals surface area contributed by atoms with Crippen molar-refractivity contribution < 1.29 is 24.9 Å². The van der Waals surface area contributed by atoms with Crippen LogP contribution in [0.1, 0.15) is 18.2 Å². The molecule has 0 bridgehead atoms. The number of rotatable bonds is 6. The molecule has 1 aliphatic heterocycles. The average Bonchev–Trinajstić information content (AvgIpc) is 2.92. The van der Waals surface area contributed by atoms with Crippen LogP contribution in [0.15, 0.2) is 22.1 Å². The van der Waals surface area contributed by atoms with E-state index < -0.39 is 30.1 Å². The van der Waals surface area contributed by atoms with Gasteiger partial charge in [0.2, 0.25) is 0 Å². The number of carboxylic acids is 1. The highest BCUT2D eigenvalue weighted by Gasteiger charge is 2.35. The van der Waals surface area contributed by atoms with Crippen LogP contribution >= 0.6 is 0 Å².